The number of aryl methyl sites for hydroxylation is 1. The van der Waals surface area contributed by atoms with Crippen LogP contribution in [0.2, 0.25) is 0 Å². The quantitative estimate of drug-likeness (QED) is 0.742. The first-order valence-electron chi connectivity index (χ1n) is 6.77. The number of hydrogen-bond acceptors (Lipinski definition) is 4. The van der Waals surface area contributed by atoms with Crippen LogP contribution in [0.3, 0.4) is 0 Å². The summed E-state index contributed by atoms with van der Waals surface area (Å²) in [5.74, 6) is 1.03. The first-order valence-corrected chi connectivity index (χ1v) is 6.77. The lowest BCUT2D eigenvalue weighted by Gasteiger charge is -2.10. The van der Waals surface area contributed by atoms with Crippen LogP contribution >= 0.6 is 0 Å². The summed E-state index contributed by atoms with van der Waals surface area (Å²) in [7, 11) is 3.83. The topological polar surface area (TPSA) is 46.8 Å². The van der Waals surface area contributed by atoms with Crippen LogP contribution in [0.15, 0.2) is 30.5 Å². The van der Waals surface area contributed by atoms with Crippen molar-refractivity contribution in [2.75, 3.05) is 19.0 Å². The maximum atomic E-state index is 13.9. The standard InChI is InChI=1S/C15H16FN5/c1-4-21-15(20(2)3)18-14(19-21)10-8-11-12(16)6-5-7-13(11)17-9-10/h5-9H,4H2,1-3H3. The monoisotopic (exact) mass is 285 g/mol. The Balaban J connectivity index is 2.14. The van der Waals surface area contributed by atoms with E-state index in [9.17, 15) is 4.39 Å². The Morgan fingerprint density at radius 3 is 2.76 bits per heavy atom. The van der Waals surface area contributed by atoms with Crippen molar-refractivity contribution in [2.45, 2.75) is 13.5 Å². The Hall–Kier alpha value is -2.50. The number of benzene rings is 1. The highest BCUT2D eigenvalue weighted by Crippen LogP contribution is 2.23. The molecule has 0 saturated heterocycles. The lowest BCUT2D eigenvalue weighted by atomic mass is 10.1. The van der Waals surface area contributed by atoms with E-state index in [-0.39, 0.29) is 5.82 Å². The molecule has 21 heavy (non-hydrogen) atoms. The van der Waals surface area contributed by atoms with Gasteiger partial charge in [-0.05, 0) is 25.1 Å². The molecule has 0 amide bonds. The van der Waals surface area contributed by atoms with Crippen molar-refractivity contribution < 1.29 is 4.39 Å². The molecule has 108 valence electrons. The summed E-state index contributed by atoms with van der Waals surface area (Å²) in [5.41, 5.74) is 1.34. The van der Waals surface area contributed by atoms with Gasteiger partial charge in [-0.2, -0.15) is 4.98 Å². The average molecular weight is 285 g/mol. The van der Waals surface area contributed by atoms with E-state index in [4.69, 9.17) is 0 Å². The number of fused-ring (bicyclic) bond motifs is 1. The van der Waals surface area contributed by atoms with Gasteiger partial charge in [-0.3, -0.25) is 4.98 Å². The second kappa shape index (κ2) is 5.12. The van der Waals surface area contributed by atoms with Gasteiger partial charge in [0.25, 0.3) is 0 Å². The Morgan fingerprint density at radius 2 is 2.10 bits per heavy atom. The van der Waals surface area contributed by atoms with E-state index in [1.54, 1.807) is 29.1 Å². The third kappa shape index (κ3) is 2.33. The molecule has 1 aromatic carbocycles. The van der Waals surface area contributed by atoms with Crippen LogP contribution < -0.4 is 4.90 Å². The molecular formula is C15H16FN5. The van der Waals surface area contributed by atoms with Crippen molar-refractivity contribution >= 4 is 16.9 Å². The summed E-state index contributed by atoms with van der Waals surface area (Å²) in [6.45, 7) is 2.72. The van der Waals surface area contributed by atoms with Gasteiger partial charge in [0.15, 0.2) is 5.82 Å². The molecule has 0 aliphatic rings. The maximum absolute atomic E-state index is 13.9. The van der Waals surface area contributed by atoms with Crippen LogP contribution in [0, 0.1) is 5.82 Å². The summed E-state index contributed by atoms with van der Waals surface area (Å²) < 4.78 is 15.7. The molecule has 5 nitrogen and oxygen atoms in total. The van der Waals surface area contributed by atoms with Crippen LogP contribution in [-0.2, 0) is 6.54 Å². The summed E-state index contributed by atoms with van der Waals surface area (Å²) in [4.78, 5) is 10.7. The fourth-order valence-corrected chi connectivity index (χ4v) is 2.23. The van der Waals surface area contributed by atoms with E-state index in [0.29, 0.717) is 22.3 Å². The highest BCUT2D eigenvalue weighted by molar-refractivity contribution is 5.83. The van der Waals surface area contributed by atoms with Crippen molar-refractivity contribution in [3.05, 3.63) is 36.3 Å². The molecule has 0 radical (unpaired) electrons. The van der Waals surface area contributed by atoms with Gasteiger partial charge in [-0.1, -0.05) is 6.07 Å². The Morgan fingerprint density at radius 1 is 1.29 bits per heavy atom. The van der Waals surface area contributed by atoms with Gasteiger partial charge < -0.3 is 4.90 Å². The number of nitrogens with zero attached hydrogens (tertiary/aromatic N) is 5. The minimum absolute atomic E-state index is 0.287. The van der Waals surface area contributed by atoms with Crippen molar-refractivity contribution in [2.24, 2.45) is 0 Å². The zero-order chi connectivity index (χ0) is 15.0. The molecule has 0 unspecified atom stereocenters. The molecule has 3 aromatic rings. The molecule has 0 aliphatic carbocycles. The zero-order valence-corrected chi connectivity index (χ0v) is 12.2. The predicted molar refractivity (Wildman–Crippen MR) is 80.7 cm³/mol. The molecule has 0 aliphatic heterocycles. The Labute approximate surface area is 122 Å². The number of anilines is 1. The molecule has 2 aromatic heterocycles. The van der Waals surface area contributed by atoms with E-state index in [2.05, 4.69) is 15.1 Å². The summed E-state index contributed by atoms with van der Waals surface area (Å²) >= 11 is 0. The van der Waals surface area contributed by atoms with Gasteiger partial charge in [0, 0.05) is 37.8 Å². The summed E-state index contributed by atoms with van der Waals surface area (Å²) in [6, 6.07) is 6.60. The second-order valence-electron chi connectivity index (χ2n) is 4.98. The van der Waals surface area contributed by atoms with E-state index >= 15 is 0 Å². The molecule has 0 fully saturated rings. The molecule has 0 spiro atoms. The fourth-order valence-electron chi connectivity index (χ4n) is 2.23. The highest BCUT2D eigenvalue weighted by Gasteiger charge is 2.13. The van der Waals surface area contributed by atoms with Crippen LogP contribution in [0.25, 0.3) is 22.3 Å². The molecule has 2 heterocycles. The number of rotatable bonds is 3. The van der Waals surface area contributed by atoms with Crippen LogP contribution in [0.4, 0.5) is 10.3 Å². The molecule has 3 rings (SSSR count). The fraction of sp³-hybridized carbons (Fsp3) is 0.267. The number of aromatic nitrogens is 4. The lowest BCUT2D eigenvalue weighted by Crippen LogP contribution is -2.15. The van der Waals surface area contributed by atoms with E-state index in [1.807, 2.05) is 25.9 Å². The van der Waals surface area contributed by atoms with Gasteiger partial charge in [0.2, 0.25) is 5.95 Å². The van der Waals surface area contributed by atoms with Gasteiger partial charge in [0.05, 0.1) is 5.52 Å². The van der Waals surface area contributed by atoms with Crippen LogP contribution in [-0.4, -0.2) is 33.8 Å². The lowest BCUT2D eigenvalue weighted by molar-refractivity contribution is 0.639. The van der Waals surface area contributed by atoms with Gasteiger partial charge in [0.1, 0.15) is 5.82 Å². The van der Waals surface area contributed by atoms with Crippen molar-refractivity contribution in [1.29, 1.82) is 0 Å². The predicted octanol–water partition coefficient (Wildman–Crippen LogP) is 2.72. The van der Waals surface area contributed by atoms with E-state index in [0.717, 1.165) is 12.5 Å². The smallest absolute Gasteiger partial charge is 0.223 e. The zero-order valence-electron chi connectivity index (χ0n) is 12.2. The van der Waals surface area contributed by atoms with Crippen LogP contribution in [0.1, 0.15) is 6.92 Å². The molecule has 0 saturated carbocycles. The molecule has 0 N–H and O–H groups in total. The first kappa shape index (κ1) is 13.5. The van der Waals surface area contributed by atoms with Crippen molar-refractivity contribution in [3.8, 4) is 11.4 Å². The number of hydrogen-bond donors (Lipinski definition) is 0. The minimum Gasteiger partial charge on any atom is -0.347 e. The minimum atomic E-state index is -0.287. The SMILES string of the molecule is CCn1nc(-c2cnc3cccc(F)c3c2)nc1N(C)C. The molecule has 6 heteroatoms. The third-order valence-electron chi connectivity index (χ3n) is 3.28. The van der Waals surface area contributed by atoms with Gasteiger partial charge in [-0.15, -0.1) is 5.10 Å². The Kier molecular flexibility index (Phi) is 3.29. The molecular weight excluding hydrogens is 269 g/mol. The van der Waals surface area contributed by atoms with Crippen molar-refractivity contribution in [1.82, 2.24) is 19.7 Å². The highest BCUT2D eigenvalue weighted by atomic mass is 19.1. The second-order valence-corrected chi connectivity index (χ2v) is 4.98. The largest absolute Gasteiger partial charge is 0.347 e. The maximum Gasteiger partial charge on any atom is 0.223 e. The Bertz CT molecular complexity index is 794. The van der Waals surface area contributed by atoms with Gasteiger partial charge in [-0.25, -0.2) is 9.07 Å². The molecule has 0 atom stereocenters. The van der Waals surface area contributed by atoms with Gasteiger partial charge >= 0.3 is 0 Å². The summed E-state index contributed by atoms with van der Waals surface area (Å²) in [5, 5.41) is 4.94. The average Bonchev–Trinajstić information content (AvgIpc) is 2.92. The van der Waals surface area contributed by atoms with Crippen molar-refractivity contribution in [3.63, 3.8) is 0 Å². The number of pyridine rings is 1. The molecule has 0 bridgehead atoms. The number of halogens is 1. The van der Waals surface area contributed by atoms with E-state index < -0.39 is 0 Å². The normalized spacial score (nSPS) is 11.0. The first-order chi connectivity index (χ1) is 10.1. The summed E-state index contributed by atoms with van der Waals surface area (Å²) in [6.07, 6.45) is 1.68. The van der Waals surface area contributed by atoms with E-state index in [1.165, 1.54) is 6.07 Å². The van der Waals surface area contributed by atoms with Crippen LogP contribution in [0.5, 0.6) is 0 Å². The third-order valence-corrected chi connectivity index (χ3v) is 3.28.